The number of piperidine rings is 1. The van der Waals surface area contributed by atoms with Crippen LogP contribution in [0.1, 0.15) is 51.2 Å². The Morgan fingerprint density at radius 1 is 1.33 bits per heavy atom. The lowest BCUT2D eigenvalue weighted by Gasteiger charge is -2.32. The number of carbonyl (C=O) groups excluding carboxylic acids is 1. The minimum Gasteiger partial charge on any atom is -0.373 e. The number of amides is 1. The number of nitrogens with zero attached hydrogens (tertiary/aromatic N) is 5. The van der Waals surface area contributed by atoms with E-state index in [4.69, 9.17) is 9.97 Å². The second-order valence-corrected chi connectivity index (χ2v) is 8.31. The van der Waals surface area contributed by atoms with Crippen LogP contribution in [0, 0.1) is 6.92 Å². The first-order valence-corrected chi connectivity index (χ1v) is 10.4. The quantitative estimate of drug-likeness (QED) is 0.872. The van der Waals surface area contributed by atoms with E-state index in [1.807, 2.05) is 18.9 Å². The number of aromatic nitrogens is 3. The molecule has 0 bridgehead atoms. The average Bonchev–Trinajstić information content (AvgIpc) is 3.11. The lowest BCUT2D eigenvalue weighted by Crippen LogP contribution is -2.37. The molecule has 4 heterocycles. The van der Waals surface area contributed by atoms with E-state index in [9.17, 15) is 4.79 Å². The number of nitrogens with one attached hydrogen (secondary N) is 1. The van der Waals surface area contributed by atoms with Crippen molar-refractivity contribution in [1.82, 2.24) is 24.8 Å². The third-order valence-corrected chi connectivity index (χ3v) is 6.45. The average molecular weight is 387 g/mol. The first-order chi connectivity index (χ1) is 13.1. The van der Waals surface area contributed by atoms with Gasteiger partial charge in [0.2, 0.25) is 0 Å². The monoisotopic (exact) mass is 386 g/mol. The van der Waals surface area contributed by atoms with Crippen LogP contribution in [-0.4, -0.2) is 64.4 Å². The van der Waals surface area contributed by atoms with E-state index in [2.05, 4.69) is 22.2 Å². The van der Waals surface area contributed by atoms with Crippen molar-refractivity contribution < 1.29 is 4.79 Å². The van der Waals surface area contributed by atoms with Crippen molar-refractivity contribution in [3.05, 3.63) is 33.2 Å². The maximum absolute atomic E-state index is 12.9. The standard InChI is InChI=1S/C19H26N6OS/c1-12-16(27-11-21-12)19(26)25-8-6-14-15(10-25)22-17(23-18(14)20-2)13-5-4-7-24(3)9-13/h11,13H,4-10H2,1-3H3,(H,20,22,23). The Balaban J connectivity index is 1.62. The number of hydrogen-bond acceptors (Lipinski definition) is 7. The van der Waals surface area contributed by atoms with Crippen molar-refractivity contribution in [1.29, 1.82) is 0 Å². The normalized spacial score (nSPS) is 20.4. The molecule has 7 nitrogen and oxygen atoms in total. The van der Waals surface area contributed by atoms with Gasteiger partial charge in [-0.3, -0.25) is 4.79 Å². The Morgan fingerprint density at radius 3 is 2.89 bits per heavy atom. The van der Waals surface area contributed by atoms with E-state index in [0.29, 0.717) is 19.0 Å². The summed E-state index contributed by atoms with van der Waals surface area (Å²) < 4.78 is 0. The summed E-state index contributed by atoms with van der Waals surface area (Å²) in [6.45, 7) is 5.24. The van der Waals surface area contributed by atoms with Crippen LogP contribution in [0.15, 0.2) is 5.51 Å². The fourth-order valence-corrected chi connectivity index (χ4v) is 4.81. The van der Waals surface area contributed by atoms with Gasteiger partial charge < -0.3 is 15.1 Å². The molecule has 0 radical (unpaired) electrons. The molecule has 27 heavy (non-hydrogen) atoms. The zero-order chi connectivity index (χ0) is 19.0. The second kappa shape index (κ2) is 7.52. The molecule has 0 aromatic carbocycles. The fourth-order valence-electron chi connectivity index (χ4n) is 4.04. The number of likely N-dealkylation sites (tertiary alicyclic amines) is 1. The van der Waals surface area contributed by atoms with E-state index >= 15 is 0 Å². The molecule has 144 valence electrons. The Morgan fingerprint density at radius 2 is 2.19 bits per heavy atom. The highest BCUT2D eigenvalue weighted by molar-refractivity contribution is 7.11. The van der Waals surface area contributed by atoms with Crippen molar-refractivity contribution in [3.8, 4) is 0 Å². The van der Waals surface area contributed by atoms with Gasteiger partial charge in [0, 0.05) is 31.6 Å². The minimum atomic E-state index is 0.0595. The number of likely N-dealkylation sites (N-methyl/N-ethyl adjacent to an activating group) is 1. The number of rotatable bonds is 3. The first-order valence-electron chi connectivity index (χ1n) is 9.52. The summed E-state index contributed by atoms with van der Waals surface area (Å²) in [4.78, 5) is 31.9. The molecule has 2 aromatic heterocycles. The molecule has 1 saturated heterocycles. The molecule has 1 unspecified atom stereocenters. The second-order valence-electron chi connectivity index (χ2n) is 7.45. The van der Waals surface area contributed by atoms with Gasteiger partial charge in [-0.1, -0.05) is 0 Å². The van der Waals surface area contributed by atoms with Crippen molar-refractivity contribution in [2.45, 2.75) is 38.6 Å². The minimum absolute atomic E-state index is 0.0595. The van der Waals surface area contributed by atoms with Crippen LogP contribution in [0.25, 0.3) is 0 Å². The SMILES string of the molecule is CNc1nc(C2CCCN(C)C2)nc2c1CCN(C(=O)c1scnc1C)C2. The fraction of sp³-hybridized carbons (Fsp3) is 0.579. The van der Waals surface area contributed by atoms with Gasteiger partial charge in [-0.05, 0) is 39.8 Å². The molecule has 0 saturated carbocycles. The molecule has 2 aromatic rings. The Kier molecular flexibility index (Phi) is 5.10. The van der Waals surface area contributed by atoms with E-state index in [1.165, 1.54) is 17.8 Å². The van der Waals surface area contributed by atoms with Gasteiger partial charge in [0.1, 0.15) is 16.5 Å². The molecule has 4 rings (SSSR count). The summed E-state index contributed by atoms with van der Waals surface area (Å²) >= 11 is 1.41. The zero-order valence-electron chi connectivity index (χ0n) is 16.2. The highest BCUT2D eigenvalue weighted by Gasteiger charge is 2.29. The lowest BCUT2D eigenvalue weighted by molar-refractivity contribution is 0.0735. The summed E-state index contributed by atoms with van der Waals surface area (Å²) in [6.07, 6.45) is 3.07. The number of thiazole rings is 1. The summed E-state index contributed by atoms with van der Waals surface area (Å²) in [5.41, 5.74) is 4.68. The highest BCUT2D eigenvalue weighted by Crippen LogP contribution is 2.30. The Bertz CT molecular complexity index is 851. The molecule has 1 fully saturated rings. The lowest BCUT2D eigenvalue weighted by atomic mass is 9.96. The van der Waals surface area contributed by atoms with Crippen LogP contribution in [-0.2, 0) is 13.0 Å². The maximum atomic E-state index is 12.9. The van der Waals surface area contributed by atoms with Crippen molar-refractivity contribution >= 4 is 23.1 Å². The molecule has 2 aliphatic rings. The highest BCUT2D eigenvalue weighted by atomic mass is 32.1. The van der Waals surface area contributed by atoms with Crippen LogP contribution in [0.3, 0.4) is 0 Å². The van der Waals surface area contributed by atoms with Gasteiger partial charge in [-0.15, -0.1) is 11.3 Å². The number of aryl methyl sites for hydroxylation is 1. The van der Waals surface area contributed by atoms with Crippen molar-refractivity contribution in [3.63, 3.8) is 0 Å². The van der Waals surface area contributed by atoms with Crippen molar-refractivity contribution in [2.24, 2.45) is 0 Å². The molecular formula is C19H26N6OS. The van der Waals surface area contributed by atoms with E-state index in [-0.39, 0.29) is 5.91 Å². The molecule has 1 N–H and O–H groups in total. The van der Waals surface area contributed by atoms with Gasteiger partial charge in [0.05, 0.1) is 23.4 Å². The molecular weight excluding hydrogens is 360 g/mol. The molecule has 1 amide bonds. The molecule has 0 spiro atoms. The number of fused-ring (bicyclic) bond motifs is 1. The largest absolute Gasteiger partial charge is 0.373 e. The predicted octanol–water partition coefficient (Wildman–Crippen LogP) is 2.29. The van der Waals surface area contributed by atoms with Gasteiger partial charge in [-0.2, -0.15) is 0 Å². The van der Waals surface area contributed by atoms with Gasteiger partial charge in [0.15, 0.2) is 0 Å². The number of hydrogen-bond donors (Lipinski definition) is 1. The Hall–Kier alpha value is -2.06. The van der Waals surface area contributed by atoms with Crippen LogP contribution >= 0.6 is 11.3 Å². The van der Waals surface area contributed by atoms with Crippen LogP contribution < -0.4 is 5.32 Å². The number of anilines is 1. The van der Waals surface area contributed by atoms with E-state index in [1.54, 1.807) is 5.51 Å². The van der Waals surface area contributed by atoms with E-state index < -0.39 is 0 Å². The van der Waals surface area contributed by atoms with Gasteiger partial charge >= 0.3 is 0 Å². The predicted molar refractivity (Wildman–Crippen MR) is 106 cm³/mol. The molecule has 2 aliphatic heterocycles. The van der Waals surface area contributed by atoms with Gasteiger partial charge in [0.25, 0.3) is 5.91 Å². The van der Waals surface area contributed by atoms with E-state index in [0.717, 1.165) is 59.4 Å². The van der Waals surface area contributed by atoms with Crippen LogP contribution in [0.2, 0.25) is 0 Å². The van der Waals surface area contributed by atoms with Gasteiger partial charge in [-0.25, -0.2) is 15.0 Å². The topological polar surface area (TPSA) is 74.2 Å². The summed E-state index contributed by atoms with van der Waals surface area (Å²) in [7, 11) is 4.07. The summed E-state index contributed by atoms with van der Waals surface area (Å²) in [6, 6.07) is 0. The third-order valence-electron chi connectivity index (χ3n) is 5.54. The molecule has 1 atom stereocenters. The summed E-state index contributed by atoms with van der Waals surface area (Å²) in [5, 5.41) is 3.25. The molecule has 0 aliphatic carbocycles. The zero-order valence-corrected chi connectivity index (χ0v) is 17.0. The smallest absolute Gasteiger partial charge is 0.266 e. The Labute approximate surface area is 163 Å². The molecule has 8 heteroatoms. The maximum Gasteiger partial charge on any atom is 0.266 e. The third kappa shape index (κ3) is 3.55. The van der Waals surface area contributed by atoms with Crippen molar-refractivity contribution in [2.75, 3.05) is 39.0 Å². The first kappa shape index (κ1) is 18.3. The van der Waals surface area contributed by atoms with Crippen LogP contribution in [0.5, 0.6) is 0 Å². The summed E-state index contributed by atoms with van der Waals surface area (Å²) in [5.74, 6) is 2.25. The van der Waals surface area contributed by atoms with Crippen LogP contribution in [0.4, 0.5) is 5.82 Å². The number of carbonyl (C=O) groups is 1.